The first-order chi connectivity index (χ1) is 9.68. The van der Waals surface area contributed by atoms with Crippen molar-refractivity contribution < 1.29 is 14.7 Å². The molecular weight excluding hydrogens is 266 g/mol. The Morgan fingerprint density at radius 3 is 2.29 bits per heavy atom. The summed E-state index contributed by atoms with van der Waals surface area (Å²) in [4.78, 5) is 23.8. The maximum absolute atomic E-state index is 12.5. The van der Waals surface area contributed by atoms with E-state index in [1.807, 2.05) is 46.8 Å². The normalized spacial score (nSPS) is 14.3. The van der Waals surface area contributed by atoms with Crippen LogP contribution in [0.15, 0.2) is 24.3 Å². The molecule has 1 amide bonds. The van der Waals surface area contributed by atoms with Crippen molar-refractivity contribution in [3.63, 3.8) is 0 Å². The van der Waals surface area contributed by atoms with E-state index in [4.69, 9.17) is 0 Å². The second kappa shape index (κ2) is 6.74. The Kier molecular flexibility index (Phi) is 5.53. The smallest absolute Gasteiger partial charge is 0.326 e. The summed E-state index contributed by atoms with van der Waals surface area (Å²) in [6.45, 7) is 9.83. The van der Waals surface area contributed by atoms with Crippen molar-refractivity contribution >= 4 is 11.9 Å². The topological polar surface area (TPSA) is 66.4 Å². The van der Waals surface area contributed by atoms with Crippen molar-refractivity contribution in [2.45, 2.75) is 52.5 Å². The summed E-state index contributed by atoms with van der Waals surface area (Å²) in [5, 5.41) is 11.9. The number of benzene rings is 1. The Morgan fingerprint density at radius 1 is 1.24 bits per heavy atom. The summed E-state index contributed by atoms with van der Waals surface area (Å²) in [7, 11) is 0. The number of aliphatic carboxylic acids is 1. The van der Waals surface area contributed by atoms with Gasteiger partial charge in [-0.1, -0.05) is 59.2 Å². The van der Waals surface area contributed by atoms with E-state index in [2.05, 4.69) is 5.32 Å². The van der Waals surface area contributed by atoms with Crippen LogP contribution >= 0.6 is 0 Å². The van der Waals surface area contributed by atoms with Crippen LogP contribution in [0.1, 0.15) is 57.0 Å². The largest absolute Gasteiger partial charge is 0.480 e. The highest BCUT2D eigenvalue weighted by Gasteiger charge is 2.28. The number of hydrogen-bond donors (Lipinski definition) is 2. The van der Waals surface area contributed by atoms with Gasteiger partial charge in [-0.15, -0.1) is 0 Å². The molecule has 0 radical (unpaired) electrons. The quantitative estimate of drug-likeness (QED) is 0.875. The first kappa shape index (κ1) is 17.2. The fourth-order valence-corrected chi connectivity index (χ4v) is 2.24. The van der Waals surface area contributed by atoms with E-state index in [1.165, 1.54) is 0 Å². The van der Waals surface area contributed by atoms with Crippen molar-refractivity contribution in [2.24, 2.45) is 5.92 Å². The van der Waals surface area contributed by atoms with Gasteiger partial charge in [0.2, 0.25) is 0 Å². The van der Waals surface area contributed by atoms with Gasteiger partial charge in [0, 0.05) is 5.56 Å². The predicted octanol–water partition coefficient (Wildman–Crippen LogP) is 3.21. The molecule has 0 saturated carbocycles. The van der Waals surface area contributed by atoms with Crippen LogP contribution in [0.2, 0.25) is 0 Å². The molecule has 1 aromatic carbocycles. The van der Waals surface area contributed by atoms with Gasteiger partial charge in [-0.05, 0) is 23.0 Å². The van der Waals surface area contributed by atoms with Crippen LogP contribution in [-0.4, -0.2) is 23.0 Å². The van der Waals surface area contributed by atoms with Crippen molar-refractivity contribution in [2.75, 3.05) is 0 Å². The van der Waals surface area contributed by atoms with E-state index in [0.29, 0.717) is 12.0 Å². The second-order valence-electron chi connectivity index (χ2n) is 6.47. The predicted molar refractivity (Wildman–Crippen MR) is 83.5 cm³/mol. The van der Waals surface area contributed by atoms with Crippen LogP contribution in [0.3, 0.4) is 0 Å². The number of nitrogens with one attached hydrogen (secondary N) is 1. The Labute approximate surface area is 126 Å². The molecule has 2 atom stereocenters. The molecule has 1 rings (SSSR count). The maximum atomic E-state index is 12.5. The summed E-state index contributed by atoms with van der Waals surface area (Å²) in [6.07, 6.45) is 0.693. The molecule has 4 heteroatoms. The van der Waals surface area contributed by atoms with Crippen LogP contribution in [-0.2, 0) is 10.2 Å². The number of carboxylic acid groups (broad SMARTS) is 1. The second-order valence-corrected chi connectivity index (χ2v) is 6.47. The average Bonchev–Trinajstić information content (AvgIpc) is 2.42. The molecule has 4 nitrogen and oxygen atoms in total. The Bertz CT molecular complexity index is 517. The molecular formula is C17H25NO3. The molecule has 1 unspecified atom stereocenters. The third-order valence-electron chi connectivity index (χ3n) is 3.75. The molecule has 0 fully saturated rings. The van der Waals surface area contributed by atoms with Crippen molar-refractivity contribution in [1.82, 2.24) is 5.32 Å². The van der Waals surface area contributed by atoms with E-state index in [0.717, 1.165) is 5.56 Å². The van der Waals surface area contributed by atoms with Crippen molar-refractivity contribution in [1.29, 1.82) is 0 Å². The van der Waals surface area contributed by atoms with E-state index in [1.54, 1.807) is 12.1 Å². The molecule has 0 spiro atoms. The third kappa shape index (κ3) is 4.31. The number of carbonyl (C=O) groups excluding carboxylic acids is 1. The minimum atomic E-state index is -0.995. The fraction of sp³-hybridized carbons (Fsp3) is 0.529. The van der Waals surface area contributed by atoms with Crippen LogP contribution in [0.4, 0.5) is 0 Å². The van der Waals surface area contributed by atoms with Gasteiger partial charge in [0.1, 0.15) is 6.04 Å². The van der Waals surface area contributed by atoms with E-state index in [9.17, 15) is 14.7 Å². The number of carboxylic acids is 1. The Hall–Kier alpha value is -1.84. The SMILES string of the molecule is CCC(C)[C@H](NC(=O)c1ccccc1C(C)(C)C)C(=O)O. The molecule has 0 aliphatic heterocycles. The molecule has 0 aliphatic rings. The summed E-state index contributed by atoms with van der Waals surface area (Å²) in [6, 6.07) is 6.47. The number of rotatable bonds is 5. The molecule has 116 valence electrons. The fourth-order valence-electron chi connectivity index (χ4n) is 2.24. The first-order valence-corrected chi connectivity index (χ1v) is 7.31. The zero-order chi connectivity index (χ0) is 16.2. The summed E-state index contributed by atoms with van der Waals surface area (Å²) in [5.41, 5.74) is 1.28. The van der Waals surface area contributed by atoms with Crippen LogP contribution in [0, 0.1) is 5.92 Å². The standard InChI is InChI=1S/C17H25NO3/c1-6-11(2)14(16(20)21)18-15(19)12-9-7-8-10-13(12)17(3,4)5/h7-11,14H,6H2,1-5H3,(H,18,19)(H,20,21)/t11?,14-/m0/s1. The number of carbonyl (C=O) groups is 2. The number of amides is 1. The third-order valence-corrected chi connectivity index (χ3v) is 3.75. The van der Waals surface area contributed by atoms with Gasteiger partial charge in [-0.25, -0.2) is 4.79 Å². The Morgan fingerprint density at radius 2 is 1.81 bits per heavy atom. The van der Waals surface area contributed by atoms with Crippen molar-refractivity contribution in [3.05, 3.63) is 35.4 Å². The van der Waals surface area contributed by atoms with Crippen LogP contribution < -0.4 is 5.32 Å². The summed E-state index contributed by atoms with van der Waals surface area (Å²) >= 11 is 0. The molecule has 0 aromatic heterocycles. The van der Waals surface area contributed by atoms with Gasteiger partial charge >= 0.3 is 5.97 Å². The van der Waals surface area contributed by atoms with Gasteiger partial charge in [0.25, 0.3) is 5.91 Å². The van der Waals surface area contributed by atoms with Gasteiger partial charge < -0.3 is 10.4 Å². The first-order valence-electron chi connectivity index (χ1n) is 7.31. The zero-order valence-corrected chi connectivity index (χ0v) is 13.4. The maximum Gasteiger partial charge on any atom is 0.326 e. The Balaban J connectivity index is 3.07. The molecule has 21 heavy (non-hydrogen) atoms. The minimum Gasteiger partial charge on any atom is -0.480 e. The lowest BCUT2D eigenvalue weighted by Gasteiger charge is -2.24. The monoisotopic (exact) mass is 291 g/mol. The minimum absolute atomic E-state index is 0.117. The lowest BCUT2D eigenvalue weighted by Crippen LogP contribution is -2.45. The summed E-state index contributed by atoms with van der Waals surface area (Å²) in [5.74, 6) is -1.44. The van der Waals surface area contributed by atoms with Gasteiger partial charge in [-0.3, -0.25) is 4.79 Å². The van der Waals surface area contributed by atoms with E-state index >= 15 is 0 Å². The van der Waals surface area contributed by atoms with Crippen molar-refractivity contribution in [3.8, 4) is 0 Å². The zero-order valence-electron chi connectivity index (χ0n) is 13.4. The van der Waals surface area contributed by atoms with Gasteiger partial charge in [-0.2, -0.15) is 0 Å². The molecule has 0 heterocycles. The highest BCUT2D eigenvalue weighted by molar-refractivity contribution is 5.98. The lowest BCUT2D eigenvalue weighted by atomic mass is 9.83. The average molecular weight is 291 g/mol. The van der Waals surface area contributed by atoms with E-state index in [-0.39, 0.29) is 17.2 Å². The molecule has 0 bridgehead atoms. The van der Waals surface area contributed by atoms with Crippen LogP contribution in [0.5, 0.6) is 0 Å². The van der Waals surface area contributed by atoms with E-state index < -0.39 is 12.0 Å². The molecule has 1 aromatic rings. The van der Waals surface area contributed by atoms with Gasteiger partial charge in [0.05, 0.1) is 0 Å². The van der Waals surface area contributed by atoms with Crippen LogP contribution in [0.25, 0.3) is 0 Å². The lowest BCUT2D eigenvalue weighted by molar-refractivity contribution is -0.140. The van der Waals surface area contributed by atoms with Gasteiger partial charge in [0.15, 0.2) is 0 Å². The highest BCUT2D eigenvalue weighted by Crippen LogP contribution is 2.25. The number of hydrogen-bond acceptors (Lipinski definition) is 2. The summed E-state index contributed by atoms with van der Waals surface area (Å²) < 4.78 is 0. The molecule has 0 aliphatic carbocycles. The highest BCUT2D eigenvalue weighted by atomic mass is 16.4. The molecule has 0 saturated heterocycles. The molecule has 2 N–H and O–H groups in total.